The minimum atomic E-state index is -1.61. The maximum atomic E-state index is 12.7. The van der Waals surface area contributed by atoms with E-state index < -0.39 is 3.25 Å². The molecule has 2 aromatic heterocycles. The first-order valence-corrected chi connectivity index (χ1v) is 23.1. The SMILES string of the molecule is C#[N+]CC(=O)OCC.CC(=O)c1cn(-c2ccc(F)cc2)cn1.ClC(Cl)(Cl)Cl.Nc1ccc(F)cc1.O=CCc1ccc(F)cc1.O=CO.O=[C-]c1cn(-c2ccc(F)cc2)cn1.[CH2-][NH2+]c1ccc(F)cc1.[Li+].[Li+].[OH-].[OH-].[O]=[Zn]. The van der Waals surface area contributed by atoms with Crippen molar-refractivity contribution in [2.24, 2.45) is 0 Å². The van der Waals surface area contributed by atoms with Gasteiger partial charge in [0.25, 0.3) is 16.3 Å². The molecule has 5 aromatic carbocycles. The third kappa shape index (κ3) is 44.1. The predicted octanol–water partition coefficient (Wildman–Crippen LogP) is 3.77. The minimum absolute atomic E-state index is 0. The third-order valence-corrected chi connectivity index (χ3v) is 7.61. The molecule has 0 radical (unpaired) electrons. The summed E-state index contributed by atoms with van der Waals surface area (Å²) in [4.78, 5) is 60.6. The Morgan fingerprint density at radius 3 is 1.42 bits per heavy atom. The number of esters is 1. The molecule has 29 heteroatoms. The van der Waals surface area contributed by atoms with Gasteiger partial charge in [-0.25, -0.2) is 31.7 Å². The Morgan fingerprint density at radius 1 is 0.756 bits per heavy atom. The van der Waals surface area contributed by atoms with E-state index in [1.807, 2.05) is 0 Å². The average molecular weight is 1210 g/mol. The fourth-order valence-electron chi connectivity index (χ4n) is 4.45. The molecule has 0 atom stereocenters. The number of halogens is 9. The van der Waals surface area contributed by atoms with Gasteiger partial charge >= 0.3 is 72.1 Å². The predicted molar refractivity (Wildman–Crippen MR) is 271 cm³/mol. The number of ether oxygens (including phenoxy) is 1. The van der Waals surface area contributed by atoms with Crippen LogP contribution in [0.15, 0.2) is 146 Å². The summed E-state index contributed by atoms with van der Waals surface area (Å²) in [5.41, 5.74) is 9.79. The van der Waals surface area contributed by atoms with Crippen molar-refractivity contribution in [3.63, 3.8) is 0 Å². The van der Waals surface area contributed by atoms with Crippen LogP contribution in [-0.2, 0) is 52.2 Å². The monoisotopic (exact) mass is 1210 g/mol. The van der Waals surface area contributed by atoms with Crippen LogP contribution in [0.25, 0.3) is 16.2 Å². The number of carbonyl (C=O) groups excluding carboxylic acids is 4. The van der Waals surface area contributed by atoms with Gasteiger partial charge in [-0.05, 0) is 127 Å². The van der Waals surface area contributed by atoms with Gasteiger partial charge < -0.3 is 50.6 Å². The van der Waals surface area contributed by atoms with Gasteiger partial charge in [0.1, 0.15) is 53.1 Å². The van der Waals surface area contributed by atoms with Gasteiger partial charge in [-0.15, -0.1) is 13.2 Å². The molecule has 0 spiro atoms. The summed E-state index contributed by atoms with van der Waals surface area (Å²) in [7, 11) is 3.54. The van der Waals surface area contributed by atoms with Crippen molar-refractivity contribution in [2.75, 3.05) is 18.9 Å². The summed E-state index contributed by atoms with van der Waals surface area (Å²) in [6, 6.07) is 29.7. The number of hydrogen-bond donors (Lipinski definition) is 3. The molecule has 7 rings (SSSR count). The number of anilines is 1. The third-order valence-electron chi connectivity index (χ3n) is 7.61. The first-order valence-electron chi connectivity index (χ1n) is 20.3. The molecule has 0 bridgehead atoms. The molecule has 406 valence electrons. The van der Waals surface area contributed by atoms with Crippen molar-refractivity contribution in [2.45, 2.75) is 23.5 Å². The fraction of sp³-hybridized carbons (Fsp3) is 0.122. The van der Waals surface area contributed by atoms with Gasteiger partial charge in [0.05, 0.1) is 12.9 Å². The van der Waals surface area contributed by atoms with Crippen LogP contribution in [0.2, 0.25) is 0 Å². The van der Waals surface area contributed by atoms with Crippen LogP contribution in [-0.4, -0.2) is 82.4 Å². The number of ketones is 1. The number of imidazole rings is 2. The standard InChI is InChI=1S/C11H9FN2O.C10H6FN2O.C8H7FO.C7H8FN.C6H6FN.C5H8NO2.CCl4.CH2O2.2Li.2H2O.O.Zn/c1-8(15)11-6-14(7-13-11)10-4-2-9(12)3-5-10;11-8-1-3-10(4-2-8)13-5-9(6-14)12-7-13;9-8-3-1-7(2-4-8)5-6-10;1-9-7-4-2-6(8)3-5-7;7-5-1-3-6(8)4-2-5;1-3-8-5(7)4-6-2;2-1(3,4)5;2-1-3;;;;;;/h2-7H,1H3;1-5,7H;1-4,6H,5H2;2-5H,1,9H2;1-4H,8H2;2H,3-4H2,1H3;;1H,(H,2,3);;;2*1H2;;/q;-1;;;;+1;;;2*+1;;;;/p-2. The molecule has 0 unspecified atom stereocenters. The normalized spacial score (nSPS) is 8.78. The van der Waals surface area contributed by atoms with E-state index in [9.17, 15) is 41.1 Å². The van der Waals surface area contributed by atoms with E-state index >= 15 is 0 Å². The second-order valence-electron chi connectivity index (χ2n) is 12.9. The number of nitrogen functional groups attached to an aromatic ring is 1. The molecular weight excluding hydrogens is 1160 g/mol. The molecule has 0 saturated carbocycles. The van der Waals surface area contributed by atoms with Gasteiger partial charge in [-0.1, -0.05) is 63.4 Å². The first kappa shape index (κ1) is 83.4. The second kappa shape index (κ2) is 50.6. The van der Waals surface area contributed by atoms with Crippen LogP contribution in [0.3, 0.4) is 0 Å². The van der Waals surface area contributed by atoms with Gasteiger partial charge in [-0.3, -0.25) is 14.6 Å². The van der Waals surface area contributed by atoms with Crippen molar-refractivity contribution in [3.05, 3.63) is 204 Å². The Labute approximate surface area is 500 Å². The summed E-state index contributed by atoms with van der Waals surface area (Å²) in [6.45, 7) is 7.96. The molecule has 7 N–H and O–H groups in total. The maximum absolute atomic E-state index is 12.7. The summed E-state index contributed by atoms with van der Waals surface area (Å²) >= 11 is 19.4. The Bertz CT molecular complexity index is 2690. The van der Waals surface area contributed by atoms with Crippen molar-refractivity contribution in [1.82, 2.24) is 19.1 Å². The number of alkyl halides is 4. The zero-order valence-corrected chi connectivity index (χ0v) is 48.1. The molecule has 0 fully saturated rings. The number of carboxylic acid groups (broad SMARTS) is 1. The summed E-state index contributed by atoms with van der Waals surface area (Å²) in [6.07, 6.45) is 8.99. The van der Waals surface area contributed by atoms with Crippen LogP contribution in [0.5, 0.6) is 0 Å². The van der Waals surface area contributed by atoms with E-state index in [4.69, 9.17) is 65.6 Å². The number of aldehydes is 1. The van der Waals surface area contributed by atoms with E-state index in [2.05, 4.69) is 33.2 Å². The number of nitrogens with two attached hydrogens (primary N) is 2. The van der Waals surface area contributed by atoms with Gasteiger partial charge in [0.2, 0.25) is 0 Å². The van der Waals surface area contributed by atoms with E-state index in [1.54, 1.807) is 82.4 Å². The van der Waals surface area contributed by atoms with E-state index in [-0.39, 0.29) is 126 Å². The van der Waals surface area contributed by atoms with Gasteiger partial charge in [0, 0.05) is 42.9 Å². The molecule has 0 aliphatic heterocycles. The molecule has 0 aliphatic carbocycles. The molecule has 0 amide bonds. The number of nitrogens with zero attached hydrogens (tertiary/aromatic N) is 5. The van der Waals surface area contributed by atoms with Crippen LogP contribution < -0.4 is 48.8 Å². The quantitative estimate of drug-likeness (QED) is 0.0272. The zero-order valence-electron chi connectivity index (χ0n) is 42.1. The van der Waals surface area contributed by atoms with Crippen molar-refractivity contribution in [3.8, 4) is 17.9 Å². The molecule has 2 heterocycles. The zero-order chi connectivity index (χ0) is 56.5. The van der Waals surface area contributed by atoms with Crippen LogP contribution in [0, 0.1) is 42.7 Å². The van der Waals surface area contributed by atoms with Gasteiger partial charge in [0.15, 0.2) is 5.78 Å². The van der Waals surface area contributed by atoms with Gasteiger partial charge in [-0.2, -0.15) is 0 Å². The first-order chi connectivity index (χ1) is 35.1. The number of hydrogen-bond acceptors (Lipinski definition) is 12. The van der Waals surface area contributed by atoms with E-state index in [0.29, 0.717) is 24.4 Å². The van der Waals surface area contributed by atoms with E-state index in [1.165, 1.54) is 98.6 Å². The van der Waals surface area contributed by atoms with Crippen molar-refractivity contribution < 1.29 is 132 Å². The number of quaternary nitrogens is 1. The number of rotatable bonds is 9. The number of Topliss-reactive ketones (excluding diaryl/α,β-unsaturated/α-hetero) is 1. The van der Waals surface area contributed by atoms with Crippen molar-refractivity contribution >= 4 is 88.6 Å². The van der Waals surface area contributed by atoms with Crippen molar-refractivity contribution in [1.29, 1.82) is 0 Å². The molecule has 7 aromatic rings. The topological polar surface area (TPSA) is 275 Å². The average Bonchev–Trinajstić information content (AvgIpc) is 4.08. The second-order valence-corrected chi connectivity index (χ2v) is 16.4. The summed E-state index contributed by atoms with van der Waals surface area (Å²) in [5.74, 6) is -1.78. The Morgan fingerprint density at radius 2 is 1.12 bits per heavy atom. The van der Waals surface area contributed by atoms with Crippen LogP contribution in [0.4, 0.5) is 33.3 Å². The Hall–Kier alpha value is -5.93. The summed E-state index contributed by atoms with van der Waals surface area (Å²) < 4.78 is 76.2. The van der Waals surface area contributed by atoms with E-state index in [0.717, 1.165) is 28.9 Å². The molecule has 78 heavy (non-hydrogen) atoms. The Balaban J connectivity index is -0.000000193. The number of aromatic nitrogens is 4. The number of benzene rings is 5. The summed E-state index contributed by atoms with van der Waals surface area (Å²) in [5, 5.41) is 8.57. The molecule has 0 aliphatic rings. The van der Waals surface area contributed by atoms with Crippen LogP contribution in [0.1, 0.15) is 35.6 Å². The fourth-order valence-corrected chi connectivity index (χ4v) is 4.45. The Kier molecular flexibility index (Phi) is 54.1. The van der Waals surface area contributed by atoms with Crippen LogP contribution >= 0.6 is 46.4 Å². The molecule has 0 saturated heterocycles. The molecule has 17 nitrogen and oxygen atoms in total. The molecular formula is C49H48Cl4F5Li2N7O10Zn. The number of carbonyl (C=O) groups is 4.